The fraction of sp³-hybridized carbons (Fsp3) is 0.533. The second-order valence-corrected chi connectivity index (χ2v) is 4.56. The van der Waals surface area contributed by atoms with E-state index < -0.39 is 0 Å². The first-order valence-corrected chi connectivity index (χ1v) is 6.50. The predicted molar refractivity (Wildman–Crippen MR) is 70.8 cm³/mol. The second kappa shape index (κ2) is 7.14. The molecule has 0 amide bonds. The molecule has 2 nitrogen and oxygen atoms in total. The quantitative estimate of drug-likeness (QED) is 0.534. The number of Topliss-reactive ketones (excluding diaryl/α,β-unsaturated/α-hetero) is 1. The van der Waals surface area contributed by atoms with E-state index in [0.29, 0.717) is 23.5 Å². The smallest absolute Gasteiger partial charge is 0.163 e. The van der Waals surface area contributed by atoms with Gasteiger partial charge in [-0.2, -0.15) is 0 Å². The van der Waals surface area contributed by atoms with Crippen LogP contribution in [0.25, 0.3) is 0 Å². The molecule has 0 unspecified atom stereocenters. The number of rotatable bonds is 7. The van der Waals surface area contributed by atoms with Crippen LogP contribution in [0.15, 0.2) is 12.1 Å². The molecule has 0 aliphatic carbocycles. The zero-order valence-electron chi connectivity index (χ0n) is 11.4. The van der Waals surface area contributed by atoms with E-state index >= 15 is 0 Å². The lowest BCUT2D eigenvalue weighted by atomic mass is 10.1. The van der Waals surface area contributed by atoms with Gasteiger partial charge in [-0.25, -0.2) is 4.39 Å². The van der Waals surface area contributed by atoms with Gasteiger partial charge in [-0.15, -0.1) is 0 Å². The SMILES string of the molecule is CCCCCCOc1cc(C)c(F)cc1C(C)=O. The molecule has 0 fully saturated rings. The Kier molecular flexibility index (Phi) is 5.83. The van der Waals surface area contributed by atoms with Gasteiger partial charge in [0.15, 0.2) is 5.78 Å². The van der Waals surface area contributed by atoms with Gasteiger partial charge in [0.2, 0.25) is 0 Å². The average molecular weight is 252 g/mol. The van der Waals surface area contributed by atoms with E-state index in [1.54, 1.807) is 13.0 Å². The first-order chi connectivity index (χ1) is 8.56. The summed E-state index contributed by atoms with van der Waals surface area (Å²) in [6.07, 6.45) is 4.44. The molecule has 1 aromatic carbocycles. The summed E-state index contributed by atoms with van der Waals surface area (Å²) in [5.74, 6) is -0.0334. The maximum absolute atomic E-state index is 13.4. The number of ketones is 1. The van der Waals surface area contributed by atoms with Gasteiger partial charge in [0.05, 0.1) is 12.2 Å². The molecule has 3 heteroatoms. The van der Waals surface area contributed by atoms with Crippen LogP contribution in [0.2, 0.25) is 0 Å². The topological polar surface area (TPSA) is 26.3 Å². The van der Waals surface area contributed by atoms with E-state index in [1.807, 2.05) is 0 Å². The van der Waals surface area contributed by atoms with E-state index in [0.717, 1.165) is 12.8 Å². The van der Waals surface area contributed by atoms with E-state index in [4.69, 9.17) is 4.74 Å². The monoisotopic (exact) mass is 252 g/mol. The lowest BCUT2D eigenvalue weighted by Crippen LogP contribution is -2.04. The van der Waals surface area contributed by atoms with Gasteiger partial charge in [-0.3, -0.25) is 4.79 Å². The van der Waals surface area contributed by atoms with Crippen LogP contribution in [0.3, 0.4) is 0 Å². The van der Waals surface area contributed by atoms with Crippen LogP contribution < -0.4 is 4.74 Å². The third-order valence-corrected chi connectivity index (χ3v) is 2.90. The molecule has 18 heavy (non-hydrogen) atoms. The van der Waals surface area contributed by atoms with Crippen molar-refractivity contribution in [2.24, 2.45) is 0 Å². The lowest BCUT2D eigenvalue weighted by molar-refractivity contribution is 0.101. The Morgan fingerprint density at radius 3 is 2.61 bits per heavy atom. The van der Waals surface area contributed by atoms with Crippen LogP contribution in [0.4, 0.5) is 4.39 Å². The van der Waals surface area contributed by atoms with Crippen LogP contribution in [-0.4, -0.2) is 12.4 Å². The molecular weight excluding hydrogens is 231 g/mol. The number of benzene rings is 1. The minimum Gasteiger partial charge on any atom is -0.493 e. The molecule has 0 saturated carbocycles. The molecule has 0 aliphatic heterocycles. The fourth-order valence-corrected chi connectivity index (χ4v) is 1.76. The number of unbranched alkanes of at least 4 members (excludes halogenated alkanes) is 3. The van der Waals surface area contributed by atoms with Crippen molar-refractivity contribution < 1.29 is 13.9 Å². The number of hydrogen-bond donors (Lipinski definition) is 0. The zero-order chi connectivity index (χ0) is 13.5. The number of aryl methyl sites for hydroxylation is 1. The number of carbonyl (C=O) groups excluding carboxylic acids is 1. The standard InChI is InChI=1S/C15H21FO2/c1-4-5-6-7-8-18-15-9-11(2)14(16)10-13(15)12(3)17/h9-10H,4-8H2,1-3H3. The van der Waals surface area contributed by atoms with Crippen LogP contribution in [-0.2, 0) is 0 Å². The molecule has 0 bridgehead atoms. The van der Waals surface area contributed by atoms with Crippen molar-refractivity contribution in [3.8, 4) is 5.75 Å². The van der Waals surface area contributed by atoms with Crippen LogP contribution in [0, 0.1) is 12.7 Å². The summed E-state index contributed by atoms with van der Waals surface area (Å²) in [6.45, 7) is 5.82. The van der Waals surface area contributed by atoms with Crippen LogP contribution in [0.1, 0.15) is 55.5 Å². The summed E-state index contributed by atoms with van der Waals surface area (Å²) in [6, 6.07) is 2.87. The van der Waals surface area contributed by atoms with E-state index in [-0.39, 0.29) is 11.6 Å². The summed E-state index contributed by atoms with van der Waals surface area (Å²) < 4.78 is 19.0. The number of halogens is 1. The van der Waals surface area contributed by atoms with Gasteiger partial charge in [0.25, 0.3) is 0 Å². The van der Waals surface area contributed by atoms with Crippen molar-refractivity contribution in [1.82, 2.24) is 0 Å². The van der Waals surface area contributed by atoms with E-state index in [9.17, 15) is 9.18 Å². The van der Waals surface area contributed by atoms with Crippen LogP contribution >= 0.6 is 0 Å². The van der Waals surface area contributed by atoms with Crippen molar-refractivity contribution in [1.29, 1.82) is 0 Å². The minimum atomic E-state index is -0.362. The predicted octanol–water partition coefficient (Wildman–Crippen LogP) is 4.30. The molecule has 0 spiro atoms. The maximum atomic E-state index is 13.4. The number of ether oxygens (including phenoxy) is 1. The largest absolute Gasteiger partial charge is 0.493 e. The molecule has 0 N–H and O–H groups in total. The molecule has 1 rings (SSSR count). The highest BCUT2D eigenvalue weighted by atomic mass is 19.1. The van der Waals surface area contributed by atoms with Crippen molar-refractivity contribution in [2.75, 3.05) is 6.61 Å². The Balaban J connectivity index is 2.68. The Morgan fingerprint density at radius 2 is 2.00 bits per heavy atom. The fourth-order valence-electron chi connectivity index (χ4n) is 1.76. The summed E-state index contributed by atoms with van der Waals surface area (Å²) in [4.78, 5) is 11.4. The van der Waals surface area contributed by atoms with Gasteiger partial charge in [0.1, 0.15) is 11.6 Å². The van der Waals surface area contributed by atoms with E-state index in [2.05, 4.69) is 6.92 Å². The molecule has 0 heterocycles. The normalized spacial score (nSPS) is 10.4. The summed E-state index contributed by atoms with van der Waals surface area (Å²) in [5.41, 5.74) is 0.831. The van der Waals surface area contributed by atoms with Gasteiger partial charge >= 0.3 is 0 Å². The van der Waals surface area contributed by atoms with E-state index in [1.165, 1.54) is 25.8 Å². The Labute approximate surface area is 108 Å². The summed E-state index contributed by atoms with van der Waals surface area (Å²) >= 11 is 0. The average Bonchev–Trinajstić information content (AvgIpc) is 2.32. The van der Waals surface area contributed by atoms with Crippen LogP contribution in [0.5, 0.6) is 5.75 Å². The van der Waals surface area contributed by atoms with Crippen molar-refractivity contribution in [2.45, 2.75) is 46.5 Å². The highest BCUT2D eigenvalue weighted by molar-refractivity contribution is 5.96. The van der Waals surface area contributed by atoms with Gasteiger partial charge in [-0.1, -0.05) is 26.2 Å². The lowest BCUT2D eigenvalue weighted by Gasteiger charge is -2.11. The highest BCUT2D eigenvalue weighted by Crippen LogP contribution is 2.23. The molecule has 0 aliphatic rings. The molecule has 0 saturated heterocycles. The first-order valence-electron chi connectivity index (χ1n) is 6.50. The zero-order valence-corrected chi connectivity index (χ0v) is 11.4. The molecule has 1 aromatic rings. The molecule has 0 atom stereocenters. The molecule has 0 aromatic heterocycles. The highest BCUT2D eigenvalue weighted by Gasteiger charge is 2.12. The molecule has 0 radical (unpaired) electrons. The Bertz CT molecular complexity index is 413. The second-order valence-electron chi connectivity index (χ2n) is 4.56. The van der Waals surface area contributed by atoms with Gasteiger partial charge < -0.3 is 4.74 Å². The number of hydrogen-bond acceptors (Lipinski definition) is 2. The summed E-state index contributed by atoms with van der Waals surface area (Å²) in [5, 5.41) is 0. The third kappa shape index (κ3) is 4.13. The summed E-state index contributed by atoms with van der Waals surface area (Å²) in [7, 11) is 0. The third-order valence-electron chi connectivity index (χ3n) is 2.90. The Hall–Kier alpha value is -1.38. The maximum Gasteiger partial charge on any atom is 0.163 e. The van der Waals surface area contributed by atoms with Crippen molar-refractivity contribution >= 4 is 5.78 Å². The van der Waals surface area contributed by atoms with Gasteiger partial charge in [-0.05, 0) is 38.0 Å². The Morgan fingerprint density at radius 1 is 1.28 bits per heavy atom. The molecular formula is C15H21FO2. The van der Waals surface area contributed by atoms with Gasteiger partial charge in [0, 0.05) is 0 Å². The van der Waals surface area contributed by atoms with Crippen molar-refractivity contribution in [3.63, 3.8) is 0 Å². The minimum absolute atomic E-state index is 0.169. The first kappa shape index (κ1) is 14.7. The number of carbonyl (C=O) groups is 1. The van der Waals surface area contributed by atoms with Crippen molar-refractivity contribution in [3.05, 3.63) is 29.1 Å². The molecule has 100 valence electrons.